The topological polar surface area (TPSA) is 58.0 Å². The van der Waals surface area contributed by atoms with Crippen LogP contribution in [0.2, 0.25) is 0 Å². The standard InChI is InChI=1S/3C2H5.ClH.HN.O2S.V/c3*1-2;;;1-3-2;/h3*1H2,2H3;2*1H;;/q3*-1;;;;+1/p-1. The quantitative estimate of drug-likeness (QED) is 0.674. The maximum absolute atomic E-state index is 9.44. The molecule has 3 nitrogen and oxygen atoms in total. The van der Waals surface area contributed by atoms with Crippen LogP contribution in [0.1, 0.15) is 20.8 Å². The number of halogens is 1. The van der Waals surface area contributed by atoms with Gasteiger partial charge in [0.15, 0.2) is 0 Å². The molecule has 0 saturated carbocycles. The van der Waals surface area contributed by atoms with Crippen LogP contribution in [-0.4, -0.2) is 8.42 Å². The molecular weight excluding hydrogens is 237 g/mol. The van der Waals surface area contributed by atoms with Gasteiger partial charge in [-0.25, -0.2) is 0 Å². The van der Waals surface area contributed by atoms with Crippen LogP contribution < -0.4 is 0 Å². The Kier molecular flexibility index (Phi) is 57.2. The third-order valence-electron chi connectivity index (χ3n) is 0.131. The minimum atomic E-state index is -2.66. The Morgan fingerprint density at radius 2 is 1.17 bits per heavy atom. The van der Waals surface area contributed by atoms with E-state index in [4.69, 9.17) is 14.1 Å². The number of rotatable bonds is 0. The van der Waals surface area contributed by atoms with Crippen LogP contribution in [-0.2, 0) is 20.7 Å². The van der Waals surface area contributed by atoms with E-state index in [2.05, 4.69) is 20.8 Å². The Bertz CT molecular complexity index is 200. The summed E-state index contributed by atoms with van der Waals surface area (Å²) < 4.78 is 25.2. The number of hydrogen-bond acceptors (Lipinski definition) is 3. The van der Waals surface area contributed by atoms with Gasteiger partial charge in [-0.3, -0.25) is 0 Å². The molecule has 0 aromatic rings. The first-order chi connectivity index (χ1) is 5.64. The van der Waals surface area contributed by atoms with Crippen LogP contribution in [0.5, 0.6) is 0 Å². The normalized spacial score (nSPS) is 5.25. The minimum absolute atomic E-state index is 1.75. The van der Waals surface area contributed by atoms with Crippen molar-refractivity contribution in [2.45, 2.75) is 20.8 Å². The van der Waals surface area contributed by atoms with E-state index >= 15 is 0 Å². The monoisotopic (exact) mass is 252 g/mol. The first-order valence-corrected chi connectivity index (χ1v) is 8.39. The summed E-state index contributed by atoms with van der Waals surface area (Å²) in [5.74, 6) is 0. The fourth-order valence-electron chi connectivity index (χ4n) is 0. The molecule has 0 aliphatic carbocycles. The zero-order chi connectivity index (χ0) is 11.2. The Morgan fingerprint density at radius 3 is 1.17 bits per heavy atom. The van der Waals surface area contributed by atoms with E-state index in [1.165, 1.54) is 0 Å². The van der Waals surface area contributed by atoms with Gasteiger partial charge >= 0.3 is 43.1 Å². The summed E-state index contributed by atoms with van der Waals surface area (Å²) in [6.45, 7) is 15.0. The third kappa shape index (κ3) is 46.8. The molecule has 0 aliphatic heterocycles. The first-order valence-electron chi connectivity index (χ1n) is 3.03. The van der Waals surface area contributed by atoms with Crippen LogP contribution in [0.4, 0.5) is 0 Å². The molecule has 12 heavy (non-hydrogen) atoms. The van der Waals surface area contributed by atoms with Gasteiger partial charge in [0, 0.05) is 0 Å². The molecular formula is C6H16ClNO2SV-3. The Labute approximate surface area is 84.6 Å². The molecule has 0 fully saturated rings. The molecule has 0 aromatic heterocycles. The number of nitrogens with one attached hydrogen (secondary N) is 1. The second-order valence-electron chi connectivity index (χ2n) is 0.462. The van der Waals surface area contributed by atoms with Crippen molar-refractivity contribution in [1.29, 1.82) is 4.21 Å². The van der Waals surface area contributed by atoms with Gasteiger partial charge in [0.2, 0.25) is 0 Å². The van der Waals surface area contributed by atoms with Gasteiger partial charge in [-0.2, -0.15) is 20.8 Å². The van der Waals surface area contributed by atoms with Gasteiger partial charge in [0.05, 0.1) is 0 Å². The van der Waals surface area contributed by atoms with Crippen LogP contribution in [0.25, 0.3) is 0 Å². The van der Waals surface area contributed by atoms with Crippen LogP contribution in [0.15, 0.2) is 0 Å². The molecule has 0 saturated heterocycles. The van der Waals surface area contributed by atoms with Crippen molar-refractivity contribution >= 4 is 18.2 Å². The molecule has 0 bridgehead atoms. The second kappa shape index (κ2) is 30.0. The summed E-state index contributed by atoms with van der Waals surface area (Å²) in [5.41, 5.74) is 0. The average molecular weight is 253 g/mol. The van der Waals surface area contributed by atoms with E-state index in [0.29, 0.717) is 0 Å². The average Bonchev–Trinajstić information content (AvgIpc) is 2.14. The molecule has 0 amide bonds. The predicted molar refractivity (Wildman–Crippen MR) is 50.6 cm³/mol. The van der Waals surface area contributed by atoms with Crippen molar-refractivity contribution in [3.63, 3.8) is 0 Å². The zero-order valence-electron chi connectivity index (χ0n) is 7.67. The van der Waals surface area contributed by atoms with Gasteiger partial charge < -0.3 is 20.8 Å². The summed E-state index contributed by atoms with van der Waals surface area (Å²) in [5, 5.41) is 0. The second-order valence-corrected chi connectivity index (χ2v) is 6.78. The third-order valence-corrected chi connectivity index (χ3v) is 3.01. The Morgan fingerprint density at radius 1 is 1.08 bits per heavy atom. The van der Waals surface area contributed by atoms with Gasteiger partial charge in [-0.1, -0.05) is 0 Å². The molecule has 1 N–H and O–H groups in total. The van der Waals surface area contributed by atoms with Crippen molar-refractivity contribution in [2.75, 3.05) is 0 Å². The van der Waals surface area contributed by atoms with E-state index in [9.17, 15) is 8.42 Å². The van der Waals surface area contributed by atoms with Crippen molar-refractivity contribution in [2.24, 2.45) is 0 Å². The van der Waals surface area contributed by atoms with Crippen LogP contribution in [0, 0.1) is 25.0 Å². The van der Waals surface area contributed by atoms with Crippen molar-refractivity contribution in [1.82, 2.24) is 0 Å². The summed E-state index contributed by atoms with van der Waals surface area (Å²) in [7, 11) is 2.52. The van der Waals surface area contributed by atoms with Crippen LogP contribution >= 0.6 is 9.85 Å². The SMILES string of the molecule is [CH2-]C.[CH2-]C.[CH2-]C.[NH]=[V]([Cl])=[S](=O)=O. The fourth-order valence-corrected chi connectivity index (χ4v) is 0. The summed E-state index contributed by atoms with van der Waals surface area (Å²) in [6, 6.07) is 0. The molecule has 0 aromatic carbocycles. The number of hydrogen-bond donors (Lipinski definition) is 1. The van der Waals surface area contributed by atoms with Crippen molar-refractivity contribution in [3.8, 4) is 0 Å². The Hall–Kier alpha value is 0.494. The van der Waals surface area contributed by atoms with Crippen molar-refractivity contribution in [3.05, 3.63) is 20.8 Å². The molecule has 0 atom stereocenters. The summed E-state index contributed by atoms with van der Waals surface area (Å²) >= 11 is -2.66. The first kappa shape index (κ1) is 22.9. The predicted octanol–water partition coefficient (Wildman–Crippen LogP) is 2.84. The van der Waals surface area contributed by atoms with E-state index < -0.39 is 20.7 Å². The van der Waals surface area contributed by atoms with E-state index in [0.717, 1.165) is 0 Å². The zero-order valence-corrected chi connectivity index (χ0v) is 10.6. The van der Waals surface area contributed by atoms with Crippen molar-refractivity contribution < 1.29 is 20.7 Å². The molecule has 6 heteroatoms. The molecule has 0 aliphatic rings. The molecule has 0 spiro atoms. The molecule has 0 heterocycles. The van der Waals surface area contributed by atoms with E-state index in [-0.39, 0.29) is 0 Å². The van der Waals surface area contributed by atoms with E-state index in [1.54, 1.807) is 20.8 Å². The molecule has 0 unspecified atom stereocenters. The van der Waals surface area contributed by atoms with Gasteiger partial charge in [-0.15, -0.1) is 0 Å². The Balaban J connectivity index is -0.0000000453. The van der Waals surface area contributed by atoms with Gasteiger partial charge in [-0.05, 0) is 0 Å². The molecule has 78 valence electrons. The fraction of sp³-hybridized carbons (Fsp3) is 0.500. The molecule has 0 rings (SSSR count). The van der Waals surface area contributed by atoms with Gasteiger partial charge in [0.25, 0.3) is 0 Å². The maximum atomic E-state index is 9.44. The van der Waals surface area contributed by atoms with E-state index in [1.807, 2.05) is 0 Å². The van der Waals surface area contributed by atoms with Crippen LogP contribution in [0.3, 0.4) is 0 Å². The molecule has 0 radical (unpaired) electrons. The summed E-state index contributed by atoms with van der Waals surface area (Å²) in [4.78, 5) is 0. The summed E-state index contributed by atoms with van der Waals surface area (Å²) in [6.07, 6.45) is 0. The van der Waals surface area contributed by atoms with Gasteiger partial charge in [0.1, 0.15) is 0 Å².